The Balaban J connectivity index is 1.48. The smallest absolute Gasteiger partial charge is 0.241 e. The highest BCUT2D eigenvalue weighted by Gasteiger charge is 2.20. The van der Waals surface area contributed by atoms with Gasteiger partial charge in [0.1, 0.15) is 17.3 Å². The Bertz CT molecular complexity index is 854. The van der Waals surface area contributed by atoms with Crippen LogP contribution in [0.25, 0.3) is 0 Å². The normalized spacial score (nSPS) is 13.8. The Kier molecular flexibility index (Phi) is 4.37. The van der Waals surface area contributed by atoms with E-state index in [4.69, 9.17) is 4.74 Å². The van der Waals surface area contributed by atoms with E-state index in [1.807, 2.05) is 42.5 Å². The molecular weight excluding hydrogens is 312 g/mol. The molecular formula is C20H18N4O. The Morgan fingerprint density at radius 1 is 0.840 bits per heavy atom. The topological polar surface area (TPSA) is 59.9 Å². The van der Waals surface area contributed by atoms with E-state index in [0.717, 1.165) is 35.8 Å². The Labute approximate surface area is 146 Å². The van der Waals surface area contributed by atoms with Crippen molar-refractivity contribution in [2.45, 2.75) is 18.8 Å². The van der Waals surface area contributed by atoms with Crippen LogP contribution in [0.1, 0.15) is 24.5 Å². The number of rotatable bonds is 5. The highest BCUT2D eigenvalue weighted by atomic mass is 16.5. The summed E-state index contributed by atoms with van der Waals surface area (Å²) in [5.74, 6) is 2.48. The molecule has 0 unspecified atom stereocenters. The molecule has 1 aromatic carbocycles. The number of allylic oxidation sites excluding steroid dienone is 2. The van der Waals surface area contributed by atoms with Crippen LogP contribution in [0.3, 0.4) is 0 Å². The number of hydrogen-bond acceptors (Lipinski definition) is 5. The van der Waals surface area contributed by atoms with Gasteiger partial charge in [0.2, 0.25) is 5.88 Å². The van der Waals surface area contributed by atoms with Crippen LogP contribution in [0, 0.1) is 0 Å². The molecule has 25 heavy (non-hydrogen) atoms. The van der Waals surface area contributed by atoms with Crippen LogP contribution in [-0.2, 0) is 0 Å². The van der Waals surface area contributed by atoms with E-state index in [2.05, 4.69) is 32.4 Å². The Hall–Kier alpha value is -3.21. The van der Waals surface area contributed by atoms with Crippen molar-refractivity contribution < 1.29 is 4.74 Å². The molecule has 0 saturated carbocycles. The minimum Gasteiger partial charge on any atom is -0.437 e. The number of pyridine rings is 1. The zero-order chi connectivity index (χ0) is 16.9. The SMILES string of the molecule is C1=CCC(c2nccnc2Oc2ccc(Nc3ccccn3)cc2)C1. The summed E-state index contributed by atoms with van der Waals surface area (Å²) in [7, 11) is 0. The van der Waals surface area contributed by atoms with Gasteiger partial charge in [0, 0.05) is 30.2 Å². The van der Waals surface area contributed by atoms with E-state index in [1.54, 1.807) is 18.6 Å². The zero-order valence-corrected chi connectivity index (χ0v) is 13.7. The van der Waals surface area contributed by atoms with E-state index < -0.39 is 0 Å². The summed E-state index contributed by atoms with van der Waals surface area (Å²) in [5.41, 5.74) is 1.87. The first-order chi connectivity index (χ1) is 12.4. The Morgan fingerprint density at radius 3 is 2.40 bits per heavy atom. The molecule has 5 nitrogen and oxygen atoms in total. The monoisotopic (exact) mass is 330 g/mol. The van der Waals surface area contributed by atoms with E-state index in [1.165, 1.54) is 0 Å². The van der Waals surface area contributed by atoms with Crippen LogP contribution in [0.2, 0.25) is 0 Å². The second-order valence-corrected chi connectivity index (χ2v) is 5.85. The molecule has 0 aliphatic heterocycles. The summed E-state index contributed by atoms with van der Waals surface area (Å²) < 4.78 is 5.98. The maximum absolute atomic E-state index is 5.98. The lowest BCUT2D eigenvalue weighted by Crippen LogP contribution is -2.02. The van der Waals surface area contributed by atoms with Gasteiger partial charge in [0.05, 0.1) is 0 Å². The predicted molar refractivity (Wildman–Crippen MR) is 97.2 cm³/mol. The summed E-state index contributed by atoms with van der Waals surface area (Å²) in [4.78, 5) is 13.1. The first-order valence-electron chi connectivity index (χ1n) is 8.30. The van der Waals surface area contributed by atoms with E-state index in [-0.39, 0.29) is 0 Å². The standard InChI is InChI=1S/C20H18N4O/c1-2-6-15(5-1)19-20(23-14-13-22-19)25-17-10-8-16(9-11-17)24-18-7-3-4-12-21-18/h1-4,7-15H,5-6H2,(H,21,24). The van der Waals surface area contributed by atoms with Crippen molar-refractivity contribution in [1.82, 2.24) is 15.0 Å². The number of anilines is 2. The molecule has 1 aliphatic carbocycles. The van der Waals surface area contributed by atoms with Gasteiger partial charge >= 0.3 is 0 Å². The van der Waals surface area contributed by atoms with E-state index in [0.29, 0.717) is 11.8 Å². The fourth-order valence-electron chi connectivity index (χ4n) is 2.84. The first-order valence-corrected chi connectivity index (χ1v) is 8.30. The van der Waals surface area contributed by atoms with Crippen molar-refractivity contribution in [2.75, 3.05) is 5.32 Å². The summed E-state index contributed by atoms with van der Waals surface area (Å²) in [5, 5.41) is 3.25. The minimum atomic E-state index is 0.355. The van der Waals surface area contributed by atoms with Crippen LogP contribution in [0.15, 0.2) is 73.2 Å². The lowest BCUT2D eigenvalue weighted by Gasteiger charge is -2.13. The predicted octanol–water partition coefficient (Wildman–Crippen LogP) is 4.84. The molecule has 0 bridgehead atoms. The molecule has 0 atom stereocenters. The molecule has 1 aliphatic rings. The third-order valence-electron chi connectivity index (χ3n) is 4.09. The van der Waals surface area contributed by atoms with Crippen LogP contribution in [-0.4, -0.2) is 15.0 Å². The number of nitrogens with zero attached hydrogens (tertiary/aromatic N) is 3. The van der Waals surface area contributed by atoms with Gasteiger partial charge in [-0.2, -0.15) is 0 Å². The van der Waals surface area contributed by atoms with Gasteiger partial charge in [-0.05, 0) is 49.2 Å². The van der Waals surface area contributed by atoms with Gasteiger partial charge in [-0.1, -0.05) is 18.2 Å². The van der Waals surface area contributed by atoms with Crippen molar-refractivity contribution in [2.24, 2.45) is 0 Å². The molecule has 0 spiro atoms. The fraction of sp³-hybridized carbons (Fsp3) is 0.150. The fourth-order valence-corrected chi connectivity index (χ4v) is 2.84. The van der Waals surface area contributed by atoms with Crippen molar-refractivity contribution >= 4 is 11.5 Å². The van der Waals surface area contributed by atoms with Gasteiger partial charge in [-0.25, -0.2) is 9.97 Å². The number of hydrogen-bond donors (Lipinski definition) is 1. The first kappa shape index (κ1) is 15.3. The van der Waals surface area contributed by atoms with Gasteiger partial charge in [0.25, 0.3) is 0 Å². The average Bonchev–Trinajstić information content (AvgIpc) is 3.19. The summed E-state index contributed by atoms with van der Waals surface area (Å²) >= 11 is 0. The van der Waals surface area contributed by atoms with Crippen LogP contribution in [0.5, 0.6) is 11.6 Å². The minimum absolute atomic E-state index is 0.355. The van der Waals surface area contributed by atoms with Gasteiger partial charge < -0.3 is 10.1 Å². The number of benzene rings is 1. The van der Waals surface area contributed by atoms with Crippen molar-refractivity contribution in [3.63, 3.8) is 0 Å². The lowest BCUT2D eigenvalue weighted by molar-refractivity contribution is 0.445. The van der Waals surface area contributed by atoms with Crippen LogP contribution in [0.4, 0.5) is 11.5 Å². The van der Waals surface area contributed by atoms with E-state index >= 15 is 0 Å². The second kappa shape index (κ2) is 7.13. The molecule has 0 amide bonds. The maximum atomic E-state index is 5.98. The second-order valence-electron chi connectivity index (χ2n) is 5.85. The largest absolute Gasteiger partial charge is 0.437 e. The van der Waals surface area contributed by atoms with Crippen LogP contribution >= 0.6 is 0 Å². The molecule has 0 radical (unpaired) electrons. The molecule has 1 N–H and O–H groups in total. The highest BCUT2D eigenvalue weighted by molar-refractivity contribution is 5.57. The van der Waals surface area contributed by atoms with Gasteiger partial charge in [0.15, 0.2) is 0 Å². The third-order valence-corrected chi connectivity index (χ3v) is 4.09. The lowest BCUT2D eigenvalue weighted by atomic mass is 10.0. The van der Waals surface area contributed by atoms with E-state index in [9.17, 15) is 0 Å². The summed E-state index contributed by atoms with van der Waals surface area (Å²) in [6, 6.07) is 13.5. The van der Waals surface area contributed by atoms with Crippen molar-refractivity contribution in [1.29, 1.82) is 0 Å². The maximum Gasteiger partial charge on any atom is 0.241 e. The number of ether oxygens (including phenoxy) is 1. The average molecular weight is 330 g/mol. The summed E-state index contributed by atoms with van der Waals surface area (Å²) in [6.07, 6.45) is 11.5. The molecule has 0 fully saturated rings. The molecule has 5 heteroatoms. The molecule has 0 saturated heterocycles. The Morgan fingerprint density at radius 2 is 1.64 bits per heavy atom. The highest BCUT2D eigenvalue weighted by Crippen LogP contribution is 2.34. The molecule has 3 aromatic rings. The van der Waals surface area contributed by atoms with Crippen LogP contribution < -0.4 is 10.1 Å². The zero-order valence-electron chi connectivity index (χ0n) is 13.7. The molecule has 2 heterocycles. The quantitative estimate of drug-likeness (QED) is 0.678. The number of nitrogens with one attached hydrogen (secondary N) is 1. The van der Waals surface area contributed by atoms with Gasteiger partial charge in [-0.15, -0.1) is 0 Å². The molecule has 124 valence electrons. The third kappa shape index (κ3) is 3.66. The molecule has 2 aromatic heterocycles. The molecule has 4 rings (SSSR count). The van der Waals surface area contributed by atoms with Crippen molar-refractivity contribution in [3.05, 3.63) is 78.9 Å². The summed E-state index contributed by atoms with van der Waals surface area (Å²) in [6.45, 7) is 0. The van der Waals surface area contributed by atoms with Gasteiger partial charge in [-0.3, -0.25) is 4.98 Å². The van der Waals surface area contributed by atoms with Crippen molar-refractivity contribution in [3.8, 4) is 11.6 Å². The number of aromatic nitrogens is 3.